The van der Waals surface area contributed by atoms with Crippen LogP contribution in [0.2, 0.25) is 0 Å². The number of nitrogens with one attached hydrogen (secondary N) is 1. The van der Waals surface area contributed by atoms with Crippen LogP contribution in [0.15, 0.2) is 46.3 Å². The number of rotatable bonds is 9. The number of esters is 1. The van der Waals surface area contributed by atoms with Gasteiger partial charge < -0.3 is 19.3 Å². The van der Waals surface area contributed by atoms with Crippen LogP contribution in [0.1, 0.15) is 70.5 Å². The summed E-state index contributed by atoms with van der Waals surface area (Å²) < 4.78 is 16.8. The van der Waals surface area contributed by atoms with Crippen LogP contribution in [0.4, 0.5) is 0 Å². The van der Waals surface area contributed by atoms with Crippen molar-refractivity contribution in [2.75, 3.05) is 0 Å². The maximum absolute atomic E-state index is 13.8. The maximum atomic E-state index is 13.8. The van der Waals surface area contributed by atoms with Crippen molar-refractivity contribution in [2.24, 2.45) is 11.3 Å². The normalized spacial score (nSPS) is 18.9. The summed E-state index contributed by atoms with van der Waals surface area (Å²) in [4.78, 5) is 31.9. The maximum Gasteiger partial charge on any atom is 0.338 e. The van der Waals surface area contributed by atoms with Crippen molar-refractivity contribution in [3.63, 3.8) is 0 Å². The van der Waals surface area contributed by atoms with Crippen LogP contribution in [-0.4, -0.2) is 33.9 Å². The largest absolute Gasteiger partial charge is 0.432 e. The van der Waals surface area contributed by atoms with Gasteiger partial charge in [-0.2, -0.15) is 4.98 Å². The predicted octanol–water partition coefficient (Wildman–Crippen LogP) is 5.63. The average molecular weight is 526 g/mol. The van der Waals surface area contributed by atoms with E-state index in [-0.39, 0.29) is 5.91 Å². The van der Waals surface area contributed by atoms with Crippen molar-refractivity contribution in [1.29, 1.82) is 0 Å². The Hall–Kier alpha value is -3.04. The van der Waals surface area contributed by atoms with E-state index in [1.807, 2.05) is 45.2 Å². The number of cyclic esters (lactones) is 1. The topological polar surface area (TPSA) is 104 Å². The van der Waals surface area contributed by atoms with E-state index < -0.39 is 35.2 Å². The molecule has 0 unspecified atom stereocenters. The van der Waals surface area contributed by atoms with E-state index in [1.165, 1.54) is 22.5 Å². The van der Waals surface area contributed by atoms with Crippen molar-refractivity contribution in [2.45, 2.75) is 78.7 Å². The van der Waals surface area contributed by atoms with Crippen LogP contribution in [-0.2, 0) is 25.5 Å². The Kier molecular flexibility index (Phi) is 7.85. The fourth-order valence-electron chi connectivity index (χ4n) is 4.40. The number of carbonyl (C=O) groups excluding carboxylic acids is 2. The van der Waals surface area contributed by atoms with Crippen LogP contribution in [0, 0.1) is 18.3 Å². The first-order valence-corrected chi connectivity index (χ1v) is 13.4. The van der Waals surface area contributed by atoms with Gasteiger partial charge in [-0.3, -0.25) is 4.79 Å². The molecule has 8 nitrogen and oxygen atoms in total. The number of thiophene rings is 1. The monoisotopic (exact) mass is 525 g/mol. The number of amides is 1. The average Bonchev–Trinajstić information content (AvgIpc) is 3.55. The van der Waals surface area contributed by atoms with Gasteiger partial charge in [0.2, 0.25) is 11.7 Å². The first kappa shape index (κ1) is 27.0. The molecule has 2 aromatic heterocycles. The standard InChI is InChI=1S/C28H35N3O5S/c1-17-12-14-18(15-13-17)9-7-10-19(21-26(33)35-28(5,6)34-21)24(32)29-22(27(2,3)4)23-30-25(36-31-23)20-11-8-16-37-20/h8,11-16,19,21-22H,7,9-10H2,1-6H3,(H,29,32)/t19-,21+,22-/m1/s1. The molecule has 3 heterocycles. The van der Waals surface area contributed by atoms with Gasteiger partial charge in [-0.15, -0.1) is 11.3 Å². The second-order valence-corrected chi connectivity index (χ2v) is 12.0. The van der Waals surface area contributed by atoms with Crippen LogP contribution >= 0.6 is 11.3 Å². The Morgan fingerprint density at radius 2 is 1.92 bits per heavy atom. The molecule has 3 atom stereocenters. The van der Waals surface area contributed by atoms with Gasteiger partial charge in [-0.1, -0.05) is 61.8 Å². The lowest BCUT2D eigenvalue weighted by molar-refractivity contribution is -0.162. The van der Waals surface area contributed by atoms with Gasteiger partial charge in [0.05, 0.1) is 16.8 Å². The second kappa shape index (κ2) is 10.8. The zero-order valence-corrected chi connectivity index (χ0v) is 23.1. The van der Waals surface area contributed by atoms with E-state index in [0.717, 1.165) is 11.3 Å². The van der Waals surface area contributed by atoms with Crippen LogP contribution in [0.3, 0.4) is 0 Å². The molecule has 1 N–H and O–H groups in total. The van der Waals surface area contributed by atoms with Gasteiger partial charge in [0.1, 0.15) is 0 Å². The molecular formula is C28H35N3O5S. The third kappa shape index (κ3) is 6.64. The molecule has 1 aromatic carbocycles. The highest BCUT2D eigenvalue weighted by atomic mass is 32.1. The smallest absolute Gasteiger partial charge is 0.338 e. The molecular weight excluding hydrogens is 490 g/mol. The zero-order valence-electron chi connectivity index (χ0n) is 22.2. The third-order valence-corrected chi connectivity index (χ3v) is 7.24. The molecule has 1 saturated heterocycles. The molecule has 0 bridgehead atoms. The molecule has 0 spiro atoms. The number of ether oxygens (including phenoxy) is 2. The Morgan fingerprint density at radius 3 is 2.51 bits per heavy atom. The molecule has 4 rings (SSSR count). The Bertz CT molecular complexity index is 1210. The van der Waals surface area contributed by atoms with Gasteiger partial charge in [-0.05, 0) is 48.6 Å². The zero-order chi connectivity index (χ0) is 26.8. The van der Waals surface area contributed by atoms with Crippen molar-refractivity contribution in [3.05, 3.63) is 58.7 Å². The summed E-state index contributed by atoms with van der Waals surface area (Å²) in [7, 11) is 0. The molecule has 37 heavy (non-hydrogen) atoms. The van der Waals surface area contributed by atoms with Crippen molar-refractivity contribution < 1.29 is 23.6 Å². The molecule has 0 saturated carbocycles. The Labute approximate surface area is 221 Å². The highest BCUT2D eigenvalue weighted by Crippen LogP contribution is 2.35. The Morgan fingerprint density at radius 1 is 1.19 bits per heavy atom. The van der Waals surface area contributed by atoms with Crippen molar-refractivity contribution in [1.82, 2.24) is 15.5 Å². The molecule has 0 aliphatic carbocycles. The summed E-state index contributed by atoms with van der Waals surface area (Å²) >= 11 is 1.50. The number of benzene rings is 1. The first-order chi connectivity index (χ1) is 17.4. The van der Waals surface area contributed by atoms with Gasteiger partial charge >= 0.3 is 5.97 Å². The number of hydrogen-bond acceptors (Lipinski definition) is 8. The minimum absolute atomic E-state index is 0.300. The molecule has 9 heteroatoms. The summed E-state index contributed by atoms with van der Waals surface area (Å²) in [5, 5.41) is 9.22. The van der Waals surface area contributed by atoms with E-state index in [4.69, 9.17) is 14.0 Å². The number of aryl methyl sites for hydroxylation is 2. The van der Waals surface area contributed by atoms with E-state index in [9.17, 15) is 9.59 Å². The molecule has 3 aromatic rings. The van der Waals surface area contributed by atoms with E-state index in [2.05, 4.69) is 39.7 Å². The van der Waals surface area contributed by atoms with Crippen LogP contribution < -0.4 is 5.32 Å². The minimum atomic E-state index is -1.08. The highest BCUT2D eigenvalue weighted by molar-refractivity contribution is 7.13. The lowest BCUT2D eigenvalue weighted by Crippen LogP contribution is -2.45. The van der Waals surface area contributed by atoms with Crippen molar-refractivity contribution >= 4 is 23.2 Å². The second-order valence-electron chi connectivity index (χ2n) is 11.1. The fourth-order valence-corrected chi connectivity index (χ4v) is 5.04. The quantitative estimate of drug-likeness (QED) is 0.361. The van der Waals surface area contributed by atoms with Crippen molar-refractivity contribution in [3.8, 4) is 10.8 Å². The van der Waals surface area contributed by atoms with Gasteiger partial charge in [-0.25, -0.2) is 4.79 Å². The summed E-state index contributed by atoms with van der Waals surface area (Å²) in [6.45, 7) is 11.4. The van der Waals surface area contributed by atoms with Gasteiger partial charge in [0.25, 0.3) is 5.89 Å². The summed E-state index contributed by atoms with van der Waals surface area (Å²) in [6.07, 6.45) is 0.965. The summed E-state index contributed by atoms with van der Waals surface area (Å²) in [6, 6.07) is 11.6. The SMILES string of the molecule is Cc1ccc(CCC[C@@H](C(=O)N[C@H](c2noc(-c3cccs3)n2)C(C)(C)C)[C@@H]2OC(C)(C)OC2=O)cc1. The molecule has 1 aliphatic rings. The summed E-state index contributed by atoms with van der Waals surface area (Å²) in [5.41, 5.74) is 1.96. The number of hydrogen-bond donors (Lipinski definition) is 1. The number of aromatic nitrogens is 2. The van der Waals surface area contributed by atoms with Crippen LogP contribution in [0.25, 0.3) is 10.8 Å². The molecule has 1 fully saturated rings. The number of carbonyl (C=O) groups is 2. The first-order valence-electron chi connectivity index (χ1n) is 12.6. The van der Waals surface area contributed by atoms with Gasteiger partial charge in [0, 0.05) is 13.8 Å². The highest BCUT2D eigenvalue weighted by Gasteiger charge is 2.48. The fraction of sp³-hybridized carbons (Fsp3) is 0.500. The lowest BCUT2D eigenvalue weighted by atomic mass is 9.85. The van der Waals surface area contributed by atoms with E-state index in [1.54, 1.807) is 13.8 Å². The predicted molar refractivity (Wildman–Crippen MR) is 141 cm³/mol. The minimum Gasteiger partial charge on any atom is -0.432 e. The van der Waals surface area contributed by atoms with Crippen LogP contribution in [0.5, 0.6) is 0 Å². The Balaban J connectivity index is 1.54. The molecule has 0 radical (unpaired) electrons. The molecule has 1 amide bonds. The molecule has 198 valence electrons. The summed E-state index contributed by atoms with van der Waals surface area (Å²) in [5.74, 6) is -1.83. The third-order valence-electron chi connectivity index (χ3n) is 6.38. The lowest BCUT2D eigenvalue weighted by Gasteiger charge is -2.31. The van der Waals surface area contributed by atoms with Gasteiger partial charge in [0.15, 0.2) is 11.9 Å². The van der Waals surface area contributed by atoms with E-state index >= 15 is 0 Å². The van der Waals surface area contributed by atoms with E-state index in [0.29, 0.717) is 24.6 Å². The number of nitrogens with zero attached hydrogens (tertiary/aromatic N) is 2. The molecule has 1 aliphatic heterocycles.